The number of hydrogen-bond acceptors (Lipinski definition) is 4. The second-order valence-electron chi connectivity index (χ2n) is 6.80. The normalized spacial score (nSPS) is 10.3. The first kappa shape index (κ1) is 21.0. The summed E-state index contributed by atoms with van der Waals surface area (Å²) in [4.78, 5) is 35.7. The number of ether oxygens (including phenoxy) is 1. The van der Waals surface area contributed by atoms with Crippen molar-refractivity contribution in [1.29, 1.82) is 0 Å². The Morgan fingerprint density at radius 3 is 2.07 bits per heavy atom. The summed E-state index contributed by atoms with van der Waals surface area (Å²) in [6.07, 6.45) is 0.482. The number of esters is 1. The van der Waals surface area contributed by atoms with Gasteiger partial charge in [0.1, 0.15) is 0 Å². The van der Waals surface area contributed by atoms with E-state index in [1.165, 1.54) is 0 Å². The maximum atomic E-state index is 12.2. The molecule has 3 rings (SSSR count). The van der Waals surface area contributed by atoms with Gasteiger partial charge in [0.05, 0.1) is 6.42 Å². The fraction of sp³-hybridized carbons (Fsp3) is 0.160. The van der Waals surface area contributed by atoms with E-state index in [9.17, 15) is 14.4 Å². The number of Topliss-reactive ketones (excluding diaryl/α,β-unsaturated/α-hetero) is 1. The molecule has 0 aromatic heterocycles. The minimum absolute atomic E-state index is 0.0974. The van der Waals surface area contributed by atoms with Crippen LogP contribution in [0.25, 0.3) is 11.1 Å². The first-order chi connectivity index (χ1) is 14.5. The number of carbonyl (C=O) groups excluding carboxylic acids is 3. The maximum Gasteiger partial charge on any atom is 0.310 e. The van der Waals surface area contributed by atoms with Crippen LogP contribution in [0.4, 0.5) is 5.69 Å². The van der Waals surface area contributed by atoms with Crippen molar-refractivity contribution in [3.63, 3.8) is 0 Å². The first-order valence-corrected chi connectivity index (χ1v) is 9.78. The Bertz CT molecular complexity index is 1010. The first-order valence-electron chi connectivity index (χ1n) is 9.78. The van der Waals surface area contributed by atoms with Crippen molar-refractivity contribution in [3.05, 3.63) is 90.0 Å². The van der Waals surface area contributed by atoms with Crippen molar-refractivity contribution in [1.82, 2.24) is 0 Å². The van der Waals surface area contributed by atoms with Gasteiger partial charge in [0.2, 0.25) is 5.91 Å². The summed E-state index contributed by atoms with van der Waals surface area (Å²) in [6, 6.07) is 24.2. The second-order valence-corrected chi connectivity index (χ2v) is 6.80. The van der Waals surface area contributed by atoms with Gasteiger partial charge in [-0.1, -0.05) is 61.5 Å². The number of ketones is 1. The molecule has 0 aliphatic carbocycles. The highest BCUT2D eigenvalue weighted by molar-refractivity contribution is 5.98. The fourth-order valence-electron chi connectivity index (χ4n) is 2.88. The predicted molar refractivity (Wildman–Crippen MR) is 116 cm³/mol. The van der Waals surface area contributed by atoms with Gasteiger partial charge in [0, 0.05) is 17.7 Å². The average Bonchev–Trinajstić information content (AvgIpc) is 2.79. The van der Waals surface area contributed by atoms with E-state index >= 15 is 0 Å². The Balaban J connectivity index is 1.49. The van der Waals surface area contributed by atoms with Gasteiger partial charge in [-0.05, 0) is 41.0 Å². The largest absolute Gasteiger partial charge is 0.457 e. The maximum absolute atomic E-state index is 12.2. The number of benzene rings is 3. The van der Waals surface area contributed by atoms with Gasteiger partial charge in [-0.25, -0.2) is 0 Å². The topological polar surface area (TPSA) is 72.5 Å². The SMILES string of the molecule is CCC(=O)Nc1ccc(C(=O)COC(=O)Cc2ccc(-c3ccccc3)cc2)cc1. The van der Waals surface area contributed by atoms with E-state index < -0.39 is 5.97 Å². The summed E-state index contributed by atoms with van der Waals surface area (Å²) in [6.45, 7) is 1.45. The standard InChI is InChI=1S/C25H23NO4/c1-2-24(28)26-22-14-12-21(13-15-22)23(27)17-30-25(29)16-18-8-10-20(11-9-18)19-6-4-3-5-7-19/h3-15H,2,16-17H2,1H3,(H,26,28). The molecule has 152 valence electrons. The quantitative estimate of drug-likeness (QED) is 0.440. The molecule has 0 saturated carbocycles. The highest BCUT2D eigenvalue weighted by Gasteiger charge is 2.11. The third-order valence-electron chi connectivity index (χ3n) is 4.59. The smallest absolute Gasteiger partial charge is 0.310 e. The summed E-state index contributed by atoms with van der Waals surface area (Å²) in [5.41, 5.74) is 4.04. The van der Waals surface area contributed by atoms with Crippen LogP contribution < -0.4 is 5.32 Å². The Morgan fingerprint density at radius 1 is 0.800 bits per heavy atom. The lowest BCUT2D eigenvalue weighted by molar-refractivity contribution is -0.141. The van der Waals surface area contributed by atoms with Crippen LogP contribution >= 0.6 is 0 Å². The van der Waals surface area contributed by atoms with Crippen LogP contribution in [0.1, 0.15) is 29.3 Å². The molecule has 0 bridgehead atoms. The molecule has 0 atom stereocenters. The molecular formula is C25H23NO4. The molecule has 0 aliphatic rings. The van der Waals surface area contributed by atoms with Crippen LogP contribution in [0.5, 0.6) is 0 Å². The number of anilines is 1. The molecule has 3 aromatic rings. The lowest BCUT2D eigenvalue weighted by Crippen LogP contribution is -2.16. The summed E-state index contributed by atoms with van der Waals surface area (Å²) < 4.78 is 5.13. The summed E-state index contributed by atoms with van der Waals surface area (Å²) >= 11 is 0. The summed E-state index contributed by atoms with van der Waals surface area (Å²) in [5, 5.41) is 2.71. The van der Waals surface area contributed by atoms with Crippen LogP contribution in [-0.4, -0.2) is 24.3 Å². The number of carbonyl (C=O) groups is 3. The third kappa shape index (κ3) is 5.88. The van der Waals surface area contributed by atoms with Gasteiger partial charge >= 0.3 is 5.97 Å². The number of amides is 1. The van der Waals surface area contributed by atoms with E-state index in [0.717, 1.165) is 16.7 Å². The van der Waals surface area contributed by atoms with E-state index in [1.807, 2.05) is 54.6 Å². The molecule has 0 unspecified atom stereocenters. The Morgan fingerprint density at radius 2 is 1.43 bits per heavy atom. The molecule has 3 aromatic carbocycles. The molecule has 0 saturated heterocycles. The molecule has 0 heterocycles. The zero-order valence-electron chi connectivity index (χ0n) is 16.8. The molecule has 0 aliphatic heterocycles. The van der Waals surface area contributed by atoms with Gasteiger partial charge in [-0.2, -0.15) is 0 Å². The van der Waals surface area contributed by atoms with E-state index in [-0.39, 0.29) is 24.7 Å². The summed E-state index contributed by atoms with van der Waals surface area (Å²) in [5.74, 6) is -0.849. The van der Waals surface area contributed by atoms with Gasteiger partial charge in [-0.15, -0.1) is 0 Å². The minimum atomic E-state index is -0.456. The van der Waals surface area contributed by atoms with Crippen molar-refractivity contribution in [3.8, 4) is 11.1 Å². The van der Waals surface area contributed by atoms with Crippen molar-refractivity contribution in [2.75, 3.05) is 11.9 Å². The van der Waals surface area contributed by atoms with Crippen molar-refractivity contribution < 1.29 is 19.1 Å². The minimum Gasteiger partial charge on any atom is -0.457 e. The highest BCUT2D eigenvalue weighted by Crippen LogP contribution is 2.19. The molecule has 30 heavy (non-hydrogen) atoms. The Kier molecular flexibility index (Phi) is 7.11. The fourth-order valence-corrected chi connectivity index (χ4v) is 2.88. The lowest BCUT2D eigenvalue weighted by atomic mass is 10.0. The van der Waals surface area contributed by atoms with Crippen LogP contribution in [0.2, 0.25) is 0 Å². The predicted octanol–water partition coefficient (Wildman–Crippen LogP) is 4.67. The van der Waals surface area contributed by atoms with Gasteiger partial charge in [0.15, 0.2) is 12.4 Å². The molecule has 5 heteroatoms. The molecule has 0 radical (unpaired) electrons. The molecule has 0 fully saturated rings. The second kappa shape index (κ2) is 10.2. The number of hydrogen-bond donors (Lipinski definition) is 1. The lowest BCUT2D eigenvalue weighted by Gasteiger charge is -2.07. The van der Waals surface area contributed by atoms with E-state index in [0.29, 0.717) is 17.7 Å². The average molecular weight is 401 g/mol. The van der Waals surface area contributed by atoms with Gasteiger partial charge in [0.25, 0.3) is 0 Å². The number of nitrogens with one attached hydrogen (secondary N) is 1. The monoisotopic (exact) mass is 401 g/mol. The molecule has 1 N–H and O–H groups in total. The molecule has 5 nitrogen and oxygen atoms in total. The Hall–Kier alpha value is -3.73. The Labute approximate surface area is 175 Å². The van der Waals surface area contributed by atoms with Gasteiger partial charge < -0.3 is 10.1 Å². The zero-order valence-corrected chi connectivity index (χ0v) is 16.8. The van der Waals surface area contributed by atoms with E-state index in [2.05, 4.69) is 5.32 Å². The van der Waals surface area contributed by atoms with Crippen LogP contribution in [0, 0.1) is 0 Å². The van der Waals surface area contributed by atoms with E-state index in [1.54, 1.807) is 31.2 Å². The van der Waals surface area contributed by atoms with Gasteiger partial charge in [-0.3, -0.25) is 14.4 Å². The highest BCUT2D eigenvalue weighted by atomic mass is 16.5. The zero-order chi connectivity index (χ0) is 21.3. The van der Waals surface area contributed by atoms with E-state index in [4.69, 9.17) is 4.74 Å². The molecule has 1 amide bonds. The van der Waals surface area contributed by atoms with Crippen LogP contribution in [0.3, 0.4) is 0 Å². The van der Waals surface area contributed by atoms with Crippen molar-refractivity contribution in [2.45, 2.75) is 19.8 Å². The molecule has 0 spiro atoms. The van der Waals surface area contributed by atoms with Crippen LogP contribution in [-0.2, 0) is 20.7 Å². The van der Waals surface area contributed by atoms with Crippen molar-refractivity contribution in [2.24, 2.45) is 0 Å². The van der Waals surface area contributed by atoms with Crippen LogP contribution in [0.15, 0.2) is 78.9 Å². The number of rotatable bonds is 8. The molecular weight excluding hydrogens is 378 g/mol. The van der Waals surface area contributed by atoms with Crippen molar-refractivity contribution >= 4 is 23.3 Å². The third-order valence-corrected chi connectivity index (χ3v) is 4.59. The summed E-state index contributed by atoms with van der Waals surface area (Å²) in [7, 11) is 0.